The van der Waals surface area contributed by atoms with Crippen LogP contribution in [0.4, 0.5) is 0 Å². The van der Waals surface area contributed by atoms with Crippen LogP contribution in [-0.2, 0) is 37.5 Å². The lowest BCUT2D eigenvalue weighted by Gasteiger charge is -2.28. The summed E-state index contributed by atoms with van der Waals surface area (Å²) in [4.78, 5) is 47.3. The second kappa shape index (κ2) is 26.6. The fourth-order valence-corrected chi connectivity index (χ4v) is 5.54. The van der Waals surface area contributed by atoms with Crippen LogP contribution in [0.15, 0.2) is 48.6 Å². The van der Waals surface area contributed by atoms with Gasteiger partial charge >= 0.3 is 17.9 Å². The molecule has 15 heteroatoms. The van der Waals surface area contributed by atoms with E-state index in [9.17, 15) is 28.9 Å². The van der Waals surface area contributed by atoms with E-state index in [1.165, 1.54) is 31.0 Å². The van der Waals surface area contributed by atoms with Crippen LogP contribution in [0.25, 0.3) is 0 Å². The van der Waals surface area contributed by atoms with Gasteiger partial charge in [0.1, 0.15) is 25.8 Å². The van der Waals surface area contributed by atoms with E-state index in [0.29, 0.717) is 11.0 Å². The van der Waals surface area contributed by atoms with E-state index < -0.39 is 62.4 Å². The topological polar surface area (TPSA) is 195 Å². The molecule has 0 aliphatic heterocycles. The molecule has 276 valence electrons. The highest BCUT2D eigenvalue weighted by atomic mass is 32.2. The van der Waals surface area contributed by atoms with Crippen LogP contribution in [-0.4, -0.2) is 109 Å². The third kappa shape index (κ3) is 27.6. The van der Waals surface area contributed by atoms with Crippen LogP contribution in [0.1, 0.15) is 65.2 Å². The summed E-state index contributed by atoms with van der Waals surface area (Å²) in [6.07, 6.45) is 19.1. The average Bonchev–Trinajstić information content (AvgIpc) is 2.99. The van der Waals surface area contributed by atoms with E-state index in [-0.39, 0.29) is 31.6 Å². The second-order valence-corrected chi connectivity index (χ2v) is 14.7. The second-order valence-electron chi connectivity index (χ2n) is 12.1. The summed E-state index contributed by atoms with van der Waals surface area (Å²) in [5.74, 6) is -2.53. The largest absolute Gasteiger partial charge is 0.756 e. The average molecular weight is 721 g/mol. The molecule has 4 N–H and O–H groups in total. The van der Waals surface area contributed by atoms with Crippen molar-refractivity contribution in [1.29, 1.82) is 0 Å². The molecule has 13 nitrogen and oxygen atoms in total. The number of nitrogens with zero attached hydrogens (tertiary/aromatic N) is 1. The number of carboxylic acid groups (broad SMARTS) is 1. The molecule has 0 aromatic rings. The number of rotatable bonds is 28. The van der Waals surface area contributed by atoms with Crippen molar-refractivity contribution in [3.63, 3.8) is 0 Å². The predicted octanol–water partition coefficient (Wildman–Crippen LogP) is 3.91. The summed E-state index contributed by atoms with van der Waals surface area (Å²) < 4.78 is 32.6. The molecule has 0 aliphatic carbocycles. The summed E-state index contributed by atoms with van der Waals surface area (Å²) in [6, 6.07) is -1.19. The number of hydrogen-bond acceptors (Lipinski definition) is 12. The number of phosphoric acid groups is 1. The van der Waals surface area contributed by atoms with Crippen LogP contribution >= 0.6 is 19.6 Å². The number of likely N-dealkylation sites (N-methyl/N-ethyl adjacent to an activating group) is 1. The molecular formula is C33H57N2O11PS. The fraction of sp³-hybridized carbons (Fsp3) is 0.667. The molecule has 1 unspecified atom stereocenters. The van der Waals surface area contributed by atoms with E-state index >= 15 is 0 Å². The van der Waals surface area contributed by atoms with Gasteiger partial charge in [-0.25, -0.2) is 0 Å². The van der Waals surface area contributed by atoms with Crippen molar-refractivity contribution in [2.75, 3.05) is 53.3 Å². The Labute approximate surface area is 290 Å². The van der Waals surface area contributed by atoms with Gasteiger partial charge in [0.15, 0.2) is 6.10 Å². The highest BCUT2D eigenvalue weighted by Crippen LogP contribution is 2.38. The summed E-state index contributed by atoms with van der Waals surface area (Å²) in [5, 5.41) is 19.2. The normalized spacial score (nSPS) is 16.3. The molecule has 0 radical (unpaired) electrons. The van der Waals surface area contributed by atoms with Crippen molar-refractivity contribution >= 4 is 37.5 Å². The number of aliphatic hydroxyl groups excluding tert-OH is 1. The van der Waals surface area contributed by atoms with Gasteiger partial charge in [0.05, 0.1) is 33.9 Å². The zero-order chi connectivity index (χ0) is 36.4. The number of thioether (sulfide) groups is 1. The Morgan fingerprint density at radius 1 is 1.00 bits per heavy atom. The number of hydrogen-bond donors (Lipinski definition) is 3. The molecule has 0 amide bonds. The Hall–Kier alpha value is -2.29. The Kier molecular flexibility index (Phi) is 25.3. The lowest BCUT2D eigenvalue weighted by molar-refractivity contribution is -0.870. The Morgan fingerprint density at radius 2 is 1.71 bits per heavy atom. The van der Waals surface area contributed by atoms with Crippen LogP contribution in [0.2, 0.25) is 0 Å². The number of nitrogens with two attached hydrogens (primary N) is 1. The molecule has 0 aromatic carbocycles. The molecule has 0 rings (SSSR count). The third-order valence-electron chi connectivity index (χ3n) is 6.41. The SMILES string of the molecule is CCCCC/C=C\C\C=C/C=C/C=C/[C@@H](SC[C@H](N)C(=O)O[C@H](COC(C)=O)COP(=O)([O-])OCC[N+](C)(C)C)[C@@H](O)CCCC(=O)O. The maximum absolute atomic E-state index is 12.8. The van der Waals surface area contributed by atoms with Gasteiger partial charge in [-0.3, -0.25) is 18.9 Å². The van der Waals surface area contributed by atoms with Crippen LogP contribution in [0.5, 0.6) is 0 Å². The monoisotopic (exact) mass is 720 g/mol. The summed E-state index contributed by atoms with van der Waals surface area (Å²) in [6.45, 7) is 2.46. The number of phosphoric ester groups is 1. The van der Waals surface area contributed by atoms with E-state index in [0.717, 1.165) is 19.8 Å². The highest BCUT2D eigenvalue weighted by Gasteiger charge is 2.26. The Bertz CT molecular complexity index is 1090. The number of carbonyl (C=O) groups excluding carboxylic acids is 2. The van der Waals surface area contributed by atoms with Gasteiger partial charge < -0.3 is 43.8 Å². The van der Waals surface area contributed by atoms with Crippen LogP contribution in [0.3, 0.4) is 0 Å². The number of quaternary nitrogens is 1. The number of unbranched alkanes of at least 4 members (excludes halogenated alkanes) is 3. The molecule has 0 heterocycles. The zero-order valence-electron chi connectivity index (χ0n) is 29.1. The first-order chi connectivity index (χ1) is 22.6. The first-order valence-corrected chi connectivity index (χ1v) is 18.7. The first-order valence-electron chi connectivity index (χ1n) is 16.2. The maximum atomic E-state index is 12.8. The molecule has 5 atom stereocenters. The van der Waals surface area contributed by atoms with Gasteiger partial charge in [-0.2, -0.15) is 0 Å². The van der Waals surface area contributed by atoms with Gasteiger partial charge in [-0.15, -0.1) is 11.8 Å². The zero-order valence-corrected chi connectivity index (χ0v) is 30.8. The van der Waals surface area contributed by atoms with Crippen LogP contribution in [0, 0.1) is 0 Å². The number of aliphatic hydroxyl groups is 1. The van der Waals surface area contributed by atoms with Crippen molar-refractivity contribution < 1.29 is 57.1 Å². The molecule has 48 heavy (non-hydrogen) atoms. The summed E-state index contributed by atoms with van der Waals surface area (Å²) >= 11 is 1.18. The maximum Gasteiger partial charge on any atom is 0.324 e. The number of esters is 2. The van der Waals surface area contributed by atoms with Gasteiger partial charge in [0, 0.05) is 24.3 Å². The summed E-state index contributed by atoms with van der Waals surface area (Å²) in [7, 11) is 0.846. The first kappa shape index (κ1) is 45.7. The number of carbonyl (C=O) groups is 3. The van der Waals surface area contributed by atoms with Crippen molar-refractivity contribution in [1.82, 2.24) is 0 Å². The number of ether oxygens (including phenoxy) is 2. The molecule has 0 spiro atoms. The smallest absolute Gasteiger partial charge is 0.324 e. The molecule has 0 aromatic heterocycles. The van der Waals surface area contributed by atoms with Gasteiger partial charge in [-0.1, -0.05) is 68.4 Å². The summed E-state index contributed by atoms with van der Waals surface area (Å²) in [5.41, 5.74) is 6.07. The highest BCUT2D eigenvalue weighted by molar-refractivity contribution is 8.00. The van der Waals surface area contributed by atoms with Crippen molar-refractivity contribution in [2.24, 2.45) is 5.73 Å². The molecular weight excluding hydrogens is 663 g/mol. The molecule has 0 bridgehead atoms. The fourth-order valence-electron chi connectivity index (χ4n) is 3.68. The third-order valence-corrected chi connectivity index (χ3v) is 8.78. The molecule has 0 aliphatic rings. The molecule has 0 saturated heterocycles. The van der Waals surface area contributed by atoms with Crippen molar-refractivity contribution in [2.45, 2.75) is 88.7 Å². The quantitative estimate of drug-likeness (QED) is 0.0263. The Balaban J connectivity index is 5.23. The van der Waals surface area contributed by atoms with E-state index in [2.05, 4.69) is 19.1 Å². The number of allylic oxidation sites excluding steroid dienone is 7. The lowest BCUT2D eigenvalue weighted by Crippen LogP contribution is -2.40. The van der Waals surface area contributed by atoms with Gasteiger partial charge in [-0.05, 0) is 32.1 Å². The molecule has 0 fully saturated rings. The standard InChI is InChI=1S/C33H57N2O11PS/c1-6-7-8-9-10-11-12-13-14-15-16-17-20-31(30(37)19-18-21-32(38)39)48-26-29(34)33(40)46-28(24-43-27(2)36)25-45-47(41,42)44-23-22-35(3,4)5/h10-11,13-17,20,28-31,37H,6-9,12,18-19,21-26,34H2,1-5H3,(H-,38,39,41,42)/b11-10-,14-13-,16-15+,20-17+/t28-,29+,30+,31-/m1/s1. The molecule has 0 saturated carbocycles. The van der Waals surface area contributed by atoms with Gasteiger partial charge in [0.25, 0.3) is 7.82 Å². The van der Waals surface area contributed by atoms with Crippen molar-refractivity contribution in [3.8, 4) is 0 Å². The van der Waals surface area contributed by atoms with Crippen LogP contribution < -0.4 is 10.6 Å². The van der Waals surface area contributed by atoms with Gasteiger partial charge in [0.2, 0.25) is 0 Å². The van der Waals surface area contributed by atoms with E-state index in [4.69, 9.17) is 29.4 Å². The number of aliphatic carboxylic acids is 1. The lowest BCUT2D eigenvalue weighted by atomic mass is 10.1. The predicted molar refractivity (Wildman–Crippen MR) is 186 cm³/mol. The number of carboxylic acids is 1. The van der Waals surface area contributed by atoms with E-state index in [1.807, 2.05) is 39.4 Å². The minimum atomic E-state index is -4.74. The minimum absolute atomic E-state index is 0.00734. The Morgan fingerprint density at radius 3 is 2.35 bits per heavy atom. The minimum Gasteiger partial charge on any atom is -0.756 e. The van der Waals surface area contributed by atoms with Crippen molar-refractivity contribution in [3.05, 3.63) is 48.6 Å². The van der Waals surface area contributed by atoms with E-state index in [1.54, 1.807) is 18.2 Å².